The number of hydrogen-bond acceptors (Lipinski definition) is 4. The first-order chi connectivity index (χ1) is 14.3. The SMILES string of the molecule is N#Cc1c(NC(=O)C(Sc2ccccc2)c2ccccc2)sc2c1CCCCC2. The molecule has 146 valence electrons. The number of aryl methyl sites for hydroxylation is 1. The van der Waals surface area contributed by atoms with Gasteiger partial charge in [0.2, 0.25) is 5.91 Å². The van der Waals surface area contributed by atoms with Crippen LogP contribution in [0.3, 0.4) is 0 Å². The topological polar surface area (TPSA) is 52.9 Å². The van der Waals surface area contributed by atoms with Crippen molar-refractivity contribution in [2.45, 2.75) is 42.2 Å². The van der Waals surface area contributed by atoms with Crippen molar-refractivity contribution >= 4 is 34.0 Å². The molecule has 0 fully saturated rings. The minimum absolute atomic E-state index is 0.0852. The van der Waals surface area contributed by atoms with Gasteiger partial charge in [-0.05, 0) is 48.9 Å². The van der Waals surface area contributed by atoms with Crippen LogP contribution in [-0.4, -0.2) is 5.91 Å². The predicted octanol–water partition coefficient (Wildman–Crippen LogP) is 6.36. The summed E-state index contributed by atoms with van der Waals surface area (Å²) in [7, 11) is 0. The van der Waals surface area contributed by atoms with Gasteiger partial charge in [-0.2, -0.15) is 5.26 Å². The lowest BCUT2D eigenvalue weighted by atomic mass is 10.1. The van der Waals surface area contributed by atoms with Gasteiger partial charge in [-0.1, -0.05) is 55.0 Å². The van der Waals surface area contributed by atoms with Gasteiger partial charge < -0.3 is 5.32 Å². The van der Waals surface area contributed by atoms with E-state index in [4.69, 9.17) is 0 Å². The molecule has 0 radical (unpaired) electrons. The summed E-state index contributed by atoms with van der Waals surface area (Å²) < 4.78 is 0. The molecule has 0 saturated carbocycles. The highest BCUT2D eigenvalue weighted by Crippen LogP contribution is 2.40. The Morgan fingerprint density at radius 3 is 2.41 bits per heavy atom. The Balaban J connectivity index is 1.63. The number of fused-ring (bicyclic) bond motifs is 1. The number of anilines is 1. The molecular weight excluding hydrogens is 396 g/mol. The van der Waals surface area contributed by atoms with E-state index in [1.54, 1.807) is 11.3 Å². The minimum Gasteiger partial charge on any atom is -0.315 e. The molecule has 0 saturated heterocycles. The Hall–Kier alpha value is -2.55. The summed E-state index contributed by atoms with van der Waals surface area (Å²) in [5, 5.41) is 13.2. The summed E-state index contributed by atoms with van der Waals surface area (Å²) in [4.78, 5) is 15.6. The van der Waals surface area contributed by atoms with Crippen molar-refractivity contribution in [3.8, 4) is 6.07 Å². The van der Waals surface area contributed by atoms with Crippen LogP contribution in [0.1, 0.15) is 46.1 Å². The van der Waals surface area contributed by atoms with E-state index < -0.39 is 0 Å². The highest BCUT2D eigenvalue weighted by molar-refractivity contribution is 8.00. The van der Waals surface area contributed by atoms with E-state index in [1.165, 1.54) is 23.1 Å². The zero-order valence-corrected chi connectivity index (χ0v) is 17.7. The van der Waals surface area contributed by atoms with E-state index in [1.807, 2.05) is 60.7 Å². The summed E-state index contributed by atoms with van der Waals surface area (Å²) in [6.07, 6.45) is 5.42. The molecule has 1 atom stereocenters. The van der Waals surface area contributed by atoms with Gasteiger partial charge >= 0.3 is 0 Å². The van der Waals surface area contributed by atoms with Crippen LogP contribution in [0.15, 0.2) is 65.6 Å². The number of hydrogen-bond donors (Lipinski definition) is 1. The second kappa shape index (κ2) is 9.30. The lowest BCUT2D eigenvalue weighted by Crippen LogP contribution is -2.19. The van der Waals surface area contributed by atoms with Crippen molar-refractivity contribution in [2.75, 3.05) is 5.32 Å². The van der Waals surface area contributed by atoms with Gasteiger partial charge in [-0.3, -0.25) is 4.79 Å². The average molecular weight is 419 g/mol. The molecule has 0 bridgehead atoms. The maximum atomic E-state index is 13.3. The van der Waals surface area contributed by atoms with Crippen molar-refractivity contribution < 1.29 is 4.79 Å². The van der Waals surface area contributed by atoms with Gasteiger partial charge in [0.25, 0.3) is 0 Å². The Morgan fingerprint density at radius 2 is 1.69 bits per heavy atom. The van der Waals surface area contributed by atoms with Crippen LogP contribution in [0.25, 0.3) is 0 Å². The fourth-order valence-electron chi connectivity index (χ4n) is 3.66. The van der Waals surface area contributed by atoms with E-state index in [0.29, 0.717) is 10.6 Å². The highest BCUT2D eigenvalue weighted by atomic mass is 32.2. The number of benzene rings is 2. The quantitative estimate of drug-likeness (QED) is 0.387. The van der Waals surface area contributed by atoms with Crippen LogP contribution >= 0.6 is 23.1 Å². The van der Waals surface area contributed by atoms with Gasteiger partial charge in [0.05, 0.1) is 5.56 Å². The molecule has 5 heteroatoms. The van der Waals surface area contributed by atoms with Crippen LogP contribution in [0.5, 0.6) is 0 Å². The molecule has 1 aliphatic rings. The minimum atomic E-state index is -0.382. The number of nitrogens with one attached hydrogen (secondary N) is 1. The Bertz CT molecular complexity index is 1020. The molecule has 1 aliphatic carbocycles. The molecule has 0 aliphatic heterocycles. The Morgan fingerprint density at radius 1 is 1.00 bits per heavy atom. The Labute approximate surface area is 179 Å². The fourth-order valence-corrected chi connectivity index (χ4v) is 5.95. The van der Waals surface area contributed by atoms with Crippen molar-refractivity contribution in [2.24, 2.45) is 0 Å². The molecule has 29 heavy (non-hydrogen) atoms. The summed E-state index contributed by atoms with van der Waals surface area (Å²) in [5.74, 6) is -0.0852. The molecule has 2 aromatic carbocycles. The number of amides is 1. The fraction of sp³-hybridized carbons (Fsp3) is 0.250. The normalized spacial score (nSPS) is 14.3. The zero-order valence-electron chi connectivity index (χ0n) is 16.1. The van der Waals surface area contributed by atoms with E-state index in [9.17, 15) is 10.1 Å². The number of rotatable bonds is 5. The van der Waals surface area contributed by atoms with Crippen molar-refractivity contribution in [3.05, 3.63) is 82.2 Å². The standard InChI is InChI=1S/C24H22N2OS2/c25-16-20-19-14-8-3-9-15-21(19)29-24(20)26-23(27)22(17-10-4-1-5-11-17)28-18-12-6-2-7-13-18/h1-2,4-7,10-13,22H,3,8-9,14-15H2,(H,26,27). The van der Waals surface area contributed by atoms with Gasteiger partial charge in [0.15, 0.2) is 0 Å². The number of carbonyl (C=O) groups is 1. The summed E-state index contributed by atoms with van der Waals surface area (Å²) in [6, 6.07) is 22.1. The molecule has 1 unspecified atom stereocenters. The lowest BCUT2D eigenvalue weighted by Gasteiger charge is -2.17. The summed E-state index contributed by atoms with van der Waals surface area (Å²) >= 11 is 3.11. The molecule has 4 rings (SSSR count). The second-order valence-electron chi connectivity index (χ2n) is 7.09. The van der Waals surface area contributed by atoms with Crippen molar-refractivity contribution in [1.29, 1.82) is 5.26 Å². The second-order valence-corrected chi connectivity index (χ2v) is 9.37. The molecule has 1 aromatic heterocycles. The maximum absolute atomic E-state index is 13.3. The van der Waals surface area contributed by atoms with Crippen LogP contribution in [0.4, 0.5) is 5.00 Å². The number of nitrogens with zero attached hydrogens (tertiary/aromatic N) is 1. The van der Waals surface area contributed by atoms with Gasteiger partial charge in [0, 0.05) is 9.77 Å². The number of thiophene rings is 1. The van der Waals surface area contributed by atoms with Gasteiger partial charge in [-0.25, -0.2) is 0 Å². The first-order valence-electron chi connectivity index (χ1n) is 9.88. The largest absolute Gasteiger partial charge is 0.315 e. The maximum Gasteiger partial charge on any atom is 0.243 e. The smallest absolute Gasteiger partial charge is 0.243 e. The molecule has 3 aromatic rings. The van der Waals surface area contributed by atoms with E-state index in [0.717, 1.165) is 41.7 Å². The third-order valence-electron chi connectivity index (χ3n) is 5.11. The molecular formula is C24H22N2OS2. The predicted molar refractivity (Wildman–Crippen MR) is 120 cm³/mol. The first kappa shape index (κ1) is 19.8. The van der Waals surface area contributed by atoms with Crippen molar-refractivity contribution in [1.82, 2.24) is 0 Å². The summed E-state index contributed by atoms with van der Waals surface area (Å²) in [5.41, 5.74) is 2.77. The molecule has 0 spiro atoms. The highest BCUT2D eigenvalue weighted by Gasteiger charge is 2.26. The third kappa shape index (κ3) is 4.55. The van der Waals surface area contributed by atoms with Crippen LogP contribution in [0.2, 0.25) is 0 Å². The monoisotopic (exact) mass is 418 g/mol. The number of carbonyl (C=O) groups excluding carboxylic acids is 1. The molecule has 1 N–H and O–H groups in total. The van der Waals surface area contributed by atoms with E-state index in [-0.39, 0.29) is 11.2 Å². The zero-order chi connectivity index (χ0) is 20.1. The number of nitriles is 1. The average Bonchev–Trinajstić information content (AvgIpc) is 2.92. The van der Waals surface area contributed by atoms with Crippen molar-refractivity contribution in [3.63, 3.8) is 0 Å². The Kier molecular flexibility index (Phi) is 6.33. The molecule has 1 amide bonds. The van der Waals surface area contributed by atoms with E-state index >= 15 is 0 Å². The van der Waals surface area contributed by atoms with Gasteiger partial charge in [-0.15, -0.1) is 23.1 Å². The van der Waals surface area contributed by atoms with Gasteiger partial charge in [0.1, 0.15) is 16.3 Å². The molecule has 3 nitrogen and oxygen atoms in total. The number of thioether (sulfide) groups is 1. The third-order valence-corrected chi connectivity index (χ3v) is 7.58. The lowest BCUT2D eigenvalue weighted by molar-refractivity contribution is -0.115. The van der Waals surface area contributed by atoms with Crippen LogP contribution in [0, 0.1) is 11.3 Å². The first-order valence-corrected chi connectivity index (χ1v) is 11.6. The van der Waals surface area contributed by atoms with Crippen LogP contribution < -0.4 is 5.32 Å². The molecule has 1 heterocycles. The van der Waals surface area contributed by atoms with E-state index in [2.05, 4.69) is 11.4 Å². The summed E-state index contributed by atoms with van der Waals surface area (Å²) in [6.45, 7) is 0. The van der Waals surface area contributed by atoms with Crippen LogP contribution in [-0.2, 0) is 17.6 Å².